The molecular formula is C28H22ClN5O3S. The molecule has 0 fully saturated rings. The van der Waals surface area contributed by atoms with E-state index in [-0.39, 0.29) is 17.7 Å². The Balaban J connectivity index is 1.61. The summed E-state index contributed by atoms with van der Waals surface area (Å²) < 4.78 is 11.3. The minimum absolute atomic E-state index is 0.197. The van der Waals surface area contributed by atoms with Crippen LogP contribution in [0.5, 0.6) is 5.75 Å². The molecular weight excluding hydrogens is 522 g/mol. The SMILES string of the molecule is COc1cccc2nc(-n3c(=O)c4c(C)n(Cc5cccc(Cl)n5)c(=O)cc4n3Cc3ccccc3)sc12. The molecule has 0 spiro atoms. The lowest BCUT2D eigenvalue weighted by atomic mass is 10.2. The number of fused-ring (bicyclic) bond motifs is 2. The van der Waals surface area contributed by atoms with Crippen molar-refractivity contribution in [1.82, 2.24) is 23.9 Å². The number of nitrogens with zero attached hydrogens (tertiary/aromatic N) is 5. The van der Waals surface area contributed by atoms with Crippen LogP contribution >= 0.6 is 22.9 Å². The number of ether oxygens (including phenoxy) is 1. The average molecular weight is 544 g/mol. The summed E-state index contributed by atoms with van der Waals surface area (Å²) in [4.78, 5) is 36.6. The molecule has 0 atom stereocenters. The highest BCUT2D eigenvalue weighted by Gasteiger charge is 2.23. The minimum Gasteiger partial charge on any atom is -0.495 e. The third-order valence-corrected chi connectivity index (χ3v) is 7.78. The highest BCUT2D eigenvalue weighted by molar-refractivity contribution is 7.21. The molecule has 6 rings (SSSR count). The lowest BCUT2D eigenvalue weighted by Crippen LogP contribution is -2.24. The van der Waals surface area contributed by atoms with Crippen molar-refractivity contribution >= 4 is 44.1 Å². The largest absolute Gasteiger partial charge is 0.495 e. The van der Waals surface area contributed by atoms with Gasteiger partial charge in [-0.15, -0.1) is 0 Å². The number of aryl methyl sites for hydroxylation is 1. The number of rotatable bonds is 6. The number of halogens is 1. The minimum atomic E-state index is -0.251. The number of methoxy groups -OCH3 is 1. The summed E-state index contributed by atoms with van der Waals surface area (Å²) in [6.07, 6.45) is 0. The topological polar surface area (TPSA) is 83.9 Å². The monoisotopic (exact) mass is 543 g/mol. The highest BCUT2D eigenvalue weighted by Crippen LogP contribution is 2.33. The first-order chi connectivity index (χ1) is 18.4. The van der Waals surface area contributed by atoms with Crippen LogP contribution in [0.4, 0.5) is 0 Å². The predicted octanol–water partition coefficient (Wildman–Crippen LogP) is 5.03. The molecule has 0 saturated carbocycles. The van der Waals surface area contributed by atoms with Crippen LogP contribution in [0.2, 0.25) is 5.15 Å². The molecule has 0 unspecified atom stereocenters. The Hall–Kier alpha value is -4.21. The van der Waals surface area contributed by atoms with Gasteiger partial charge in [-0.3, -0.25) is 14.3 Å². The summed E-state index contributed by atoms with van der Waals surface area (Å²) in [7, 11) is 1.61. The molecule has 2 aromatic carbocycles. The van der Waals surface area contributed by atoms with Gasteiger partial charge in [0.2, 0.25) is 5.13 Å². The van der Waals surface area contributed by atoms with E-state index < -0.39 is 0 Å². The maximum atomic E-state index is 14.1. The Morgan fingerprint density at radius 3 is 2.50 bits per heavy atom. The van der Waals surface area contributed by atoms with Crippen LogP contribution in [-0.2, 0) is 13.1 Å². The van der Waals surface area contributed by atoms with E-state index in [9.17, 15) is 9.59 Å². The van der Waals surface area contributed by atoms with E-state index in [1.807, 2.05) is 53.2 Å². The van der Waals surface area contributed by atoms with Crippen molar-refractivity contribution in [2.45, 2.75) is 20.0 Å². The Morgan fingerprint density at radius 2 is 1.74 bits per heavy atom. The molecule has 0 aliphatic carbocycles. The Morgan fingerprint density at radius 1 is 0.947 bits per heavy atom. The fourth-order valence-electron chi connectivity index (χ4n) is 4.71. The molecule has 190 valence electrons. The molecule has 4 aromatic heterocycles. The molecule has 4 heterocycles. The van der Waals surface area contributed by atoms with E-state index >= 15 is 0 Å². The Kier molecular flexibility index (Phi) is 6.09. The van der Waals surface area contributed by atoms with E-state index in [4.69, 9.17) is 21.3 Å². The first kappa shape index (κ1) is 24.1. The number of hydrogen-bond acceptors (Lipinski definition) is 6. The lowest BCUT2D eigenvalue weighted by molar-refractivity contribution is 0.420. The van der Waals surface area contributed by atoms with Crippen LogP contribution in [-0.4, -0.2) is 31.0 Å². The number of aromatic nitrogens is 5. The van der Waals surface area contributed by atoms with Gasteiger partial charge in [-0.1, -0.05) is 65.4 Å². The third kappa shape index (κ3) is 4.09. The maximum Gasteiger partial charge on any atom is 0.283 e. The van der Waals surface area contributed by atoms with Gasteiger partial charge in [-0.25, -0.2) is 9.97 Å². The predicted molar refractivity (Wildman–Crippen MR) is 150 cm³/mol. The fraction of sp³-hybridized carbons (Fsp3) is 0.143. The molecule has 38 heavy (non-hydrogen) atoms. The van der Waals surface area contributed by atoms with Gasteiger partial charge < -0.3 is 9.30 Å². The maximum absolute atomic E-state index is 14.1. The summed E-state index contributed by atoms with van der Waals surface area (Å²) in [5, 5.41) is 1.29. The zero-order valence-corrected chi connectivity index (χ0v) is 22.2. The van der Waals surface area contributed by atoms with Gasteiger partial charge >= 0.3 is 0 Å². The number of benzene rings is 2. The van der Waals surface area contributed by atoms with Crippen molar-refractivity contribution in [3.63, 3.8) is 0 Å². The Labute approximate surface area is 225 Å². The average Bonchev–Trinajstić information content (AvgIpc) is 3.45. The number of hydrogen-bond donors (Lipinski definition) is 0. The molecule has 0 aliphatic heterocycles. The quantitative estimate of drug-likeness (QED) is 0.275. The second-order valence-electron chi connectivity index (χ2n) is 8.83. The van der Waals surface area contributed by atoms with E-state index in [1.165, 1.54) is 17.4 Å². The van der Waals surface area contributed by atoms with Crippen molar-refractivity contribution in [3.8, 4) is 10.9 Å². The molecule has 0 N–H and O–H groups in total. The van der Waals surface area contributed by atoms with Crippen LogP contribution in [0, 0.1) is 6.92 Å². The molecule has 0 radical (unpaired) electrons. The summed E-state index contributed by atoms with van der Waals surface area (Å²) >= 11 is 7.44. The molecule has 8 nitrogen and oxygen atoms in total. The number of pyridine rings is 2. The van der Waals surface area contributed by atoms with E-state index in [0.717, 1.165) is 15.8 Å². The van der Waals surface area contributed by atoms with Crippen LogP contribution in [0.25, 0.3) is 26.3 Å². The second kappa shape index (κ2) is 9.59. The molecule has 0 saturated heterocycles. The van der Waals surface area contributed by atoms with Gasteiger partial charge in [-0.2, -0.15) is 4.68 Å². The van der Waals surface area contributed by atoms with Gasteiger partial charge in [0, 0.05) is 11.8 Å². The smallest absolute Gasteiger partial charge is 0.283 e. The van der Waals surface area contributed by atoms with Crippen molar-refractivity contribution in [3.05, 3.63) is 116 Å². The first-order valence-corrected chi connectivity index (χ1v) is 13.1. The molecule has 0 aliphatic rings. The summed E-state index contributed by atoms with van der Waals surface area (Å²) in [5.41, 5.74) is 2.96. The van der Waals surface area contributed by atoms with Gasteiger partial charge in [-0.05, 0) is 36.8 Å². The normalized spacial score (nSPS) is 11.4. The van der Waals surface area contributed by atoms with Crippen LogP contribution in [0.3, 0.4) is 0 Å². The Bertz CT molecular complexity index is 1940. The molecule has 0 amide bonds. The van der Waals surface area contributed by atoms with Crippen molar-refractivity contribution in [1.29, 1.82) is 0 Å². The number of thiazole rings is 1. The van der Waals surface area contributed by atoms with Crippen molar-refractivity contribution in [2.75, 3.05) is 7.11 Å². The first-order valence-electron chi connectivity index (χ1n) is 11.9. The zero-order chi connectivity index (χ0) is 26.4. The van der Waals surface area contributed by atoms with E-state index in [0.29, 0.717) is 44.9 Å². The molecule has 6 aromatic rings. The van der Waals surface area contributed by atoms with Gasteiger partial charge in [0.05, 0.1) is 47.0 Å². The van der Waals surface area contributed by atoms with Gasteiger partial charge in [0.15, 0.2) is 0 Å². The standard InChI is InChI=1S/C28H22ClN5O3S/c1-17-25-21(14-24(35)32(17)16-19-10-6-13-23(29)30-19)33(15-18-8-4-3-5-9-18)34(27(25)36)28-31-20-11-7-12-22(37-2)26(20)38-28/h3-14H,15-16H2,1-2H3. The van der Waals surface area contributed by atoms with Gasteiger partial charge in [0.25, 0.3) is 11.1 Å². The van der Waals surface area contributed by atoms with Gasteiger partial charge in [0.1, 0.15) is 10.9 Å². The van der Waals surface area contributed by atoms with Crippen LogP contribution in [0.15, 0.2) is 82.4 Å². The summed E-state index contributed by atoms with van der Waals surface area (Å²) in [6, 6.07) is 22.2. The fourth-order valence-corrected chi connectivity index (χ4v) is 5.95. The zero-order valence-electron chi connectivity index (χ0n) is 20.6. The summed E-state index contributed by atoms with van der Waals surface area (Å²) in [6.45, 7) is 2.36. The van der Waals surface area contributed by atoms with Crippen LogP contribution in [0.1, 0.15) is 17.0 Å². The van der Waals surface area contributed by atoms with Crippen molar-refractivity contribution in [2.24, 2.45) is 0 Å². The second-order valence-corrected chi connectivity index (χ2v) is 10.2. The third-order valence-electron chi connectivity index (χ3n) is 6.51. The van der Waals surface area contributed by atoms with Crippen molar-refractivity contribution < 1.29 is 4.74 Å². The highest BCUT2D eigenvalue weighted by atomic mass is 35.5. The summed E-state index contributed by atoms with van der Waals surface area (Å²) in [5.74, 6) is 0.690. The van der Waals surface area contributed by atoms with Crippen LogP contribution < -0.4 is 15.9 Å². The molecule has 10 heteroatoms. The lowest BCUT2D eigenvalue weighted by Gasteiger charge is -2.12. The van der Waals surface area contributed by atoms with E-state index in [2.05, 4.69) is 4.98 Å². The molecule has 0 bridgehead atoms. The van der Waals surface area contributed by atoms with E-state index in [1.54, 1.807) is 41.5 Å².